The number of hydrogen-bond acceptors (Lipinski definition) is 3. The Morgan fingerprint density at radius 2 is 2.20 bits per heavy atom. The van der Waals surface area contributed by atoms with Crippen molar-refractivity contribution < 1.29 is 0 Å². The van der Waals surface area contributed by atoms with Gasteiger partial charge in [0.25, 0.3) is 0 Å². The second kappa shape index (κ2) is 6.76. The van der Waals surface area contributed by atoms with Crippen LogP contribution in [0.3, 0.4) is 0 Å². The van der Waals surface area contributed by atoms with Gasteiger partial charge in [0.2, 0.25) is 0 Å². The molecule has 0 saturated carbocycles. The van der Waals surface area contributed by atoms with Crippen LogP contribution in [0.2, 0.25) is 0 Å². The Bertz CT molecular complexity index is 556. The van der Waals surface area contributed by atoms with Crippen LogP contribution in [0.15, 0.2) is 47.5 Å². The van der Waals surface area contributed by atoms with Gasteiger partial charge in [-0.15, -0.1) is 0 Å². The molecule has 1 heterocycles. The summed E-state index contributed by atoms with van der Waals surface area (Å²) in [6.45, 7) is 3.01. The first kappa shape index (κ1) is 14.9. The number of halogens is 1. The van der Waals surface area contributed by atoms with Crippen LogP contribution in [-0.4, -0.2) is 21.6 Å². The van der Waals surface area contributed by atoms with Crippen molar-refractivity contribution in [3.63, 3.8) is 0 Å². The summed E-state index contributed by atoms with van der Waals surface area (Å²) in [5.41, 5.74) is 10.9. The van der Waals surface area contributed by atoms with E-state index in [9.17, 15) is 0 Å². The normalized spacial score (nSPS) is 14.2. The number of hydrazine groups is 1. The first-order valence-electron chi connectivity index (χ1n) is 6.27. The van der Waals surface area contributed by atoms with Crippen LogP contribution < -0.4 is 11.2 Å². The molecule has 0 unspecified atom stereocenters. The molecule has 20 heavy (non-hydrogen) atoms. The van der Waals surface area contributed by atoms with Gasteiger partial charge in [0.1, 0.15) is 4.61 Å². The smallest absolute Gasteiger partial charge is 0.183 e. The molecule has 1 aliphatic rings. The van der Waals surface area contributed by atoms with Gasteiger partial charge in [-0.05, 0) is 47.1 Å². The lowest BCUT2D eigenvalue weighted by Crippen LogP contribution is -2.40. The Labute approximate surface area is 133 Å². The van der Waals surface area contributed by atoms with Crippen LogP contribution in [0.25, 0.3) is 0 Å². The molecule has 0 aliphatic carbocycles. The van der Waals surface area contributed by atoms with Crippen LogP contribution >= 0.6 is 28.1 Å². The van der Waals surface area contributed by atoms with Crippen molar-refractivity contribution in [1.82, 2.24) is 15.3 Å². The van der Waals surface area contributed by atoms with Gasteiger partial charge in [0, 0.05) is 18.9 Å². The van der Waals surface area contributed by atoms with E-state index in [1.54, 1.807) is 5.01 Å². The molecule has 1 aromatic rings. The van der Waals surface area contributed by atoms with Crippen LogP contribution in [0, 0.1) is 6.92 Å². The highest BCUT2D eigenvalue weighted by Crippen LogP contribution is 2.19. The molecule has 0 amide bonds. The molecule has 3 N–H and O–H groups in total. The number of nitrogens with zero attached hydrogens (tertiary/aromatic N) is 2. The maximum atomic E-state index is 5.44. The fraction of sp³-hybridized carbons (Fsp3) is 0.214. The lowest BCUT2D eigenvalue weighted by molar-refractivity contribution is 0.391. The average molecular weight is 353 g/mol. The summed E-state index contributed by atoms with van der Waals surface area (Å²) < 4.78 is 0.955. The van der Waals surface area contributed by atoms with E-state index >= 15 is 0 Å². The molecule has 0 fully saturated rings. The molecule has 6 heteroatoms. The molecule has 1 aromatic carbocycles. The quantitative estimate of drug-likeness (QED) is 0.644. The third kappa shape index (κ3) is 4.25. The third-order valence-electron chi connectivity index (χ3n) is 2.89. The zero-order valence-corrected chi connectivity index (χ0v) is 13.6. The van der Waals surface area contributed by atoms with E-state index in [-0.39, 0.29) is 5.11 Å². The number of hydrogen-bond donors (Lipinski definition) is 2. The second-order valence-corrected chi connectivity index (χ2v) is 5.82. The van der Waals surface area contributed by atoms with Crippen molar-refractivity contribution in [2.24, 2.45) is 5.73 Å². The number of aryl methyl sites for hydroxylation is 1. The lowest BCUT2D eigenvalue weighted by atomic mass is 10.1. The number of thiocarbonyl (C=S) groups is 1. The molecular weight excluding hydrogens is 336 g/mol. The van der Waals surface area contributed by atoms with Crippen molar-refractivity contribution in [1.29, 1.82) is 0 Å². The highest BCUT2D eigenvalue weighted by atomic mass is 79.9. The van der Waals surface area contributed by atoms with Crippen molar-refractivity contribution in [2.75, 3.05) is 6.54 Å². The monoisotopic (exact) mass is 352 g/mol. The third-order valence-corrected chi connectivity index (χ3v) is 3.64. The van der Waals surface area contributed by atoms with E-state index in [4.69, 9.17) is 18.0 Å². The Morgan fingerprint density at radius 1 is 1.40 bits per heavy atom. The zero-order chi connectivity index (χ0) is 14.5. The summed E-state index contributed by atoms with van der Waals surface area (Å²) >= 11 is 8.35. The minimum atomic E-state index is 0.236. The van der Waals surface area contributed by atoms with Crippen LogP contribution in [-0.2, 0) is 6.42 Å². The van der Waals surface area contributed by atoms with Gasteiger partial charge >= 0.3 is 0 Å². The molecule has 106 valence electrons. The Morgan fingerprint density at radius 3 is 2.85 bits per heavy atom. The molecule has 0 spiro atoms. The fourth-order valence-electron chi connectivity index (χ4n) is 1.95. The molecule has 0 radical (unpaired) electrons. The highest BCUT2D eigenvalue weighted by Gasteiger charge is 2.11. The van der Waals surface area contributed by atoms with E-state index in [0.29, 0.717) is 0 Å². The van der Waals surface area contributed by atoms with Gasteiger partial charge in [0.05, 0.1) is 6.20 Å². The summed E-state index contributed by atoms with van der Waals surface area (Å²) in [6, 6.07) is 8.57. The van der Waals surface area contributed by atoms with E-state index in [2.05, 4.69) is 57.4 Å². The SMILES string of the molecule is Cc1cccc(CCN2C=CN(NC(N)=S)C=C2Br)c1. The van der Waals surface area contributed by atoms with E-state index in [1.807, 2.05) is 18.6 Å². The van der Waals surface area contributed by atoms with Crippen molar-refractivity contribution >= 4 is 33.3 Å². The summed E-state index contributed by atoms with van der Waals surface area (Å²) in [7, 11) is 0. The molecule has 0 aromatic heterocycles. The molecule has 2 rings (SSSR count). The number of benzene rings is 1. The van der Waals surface area contributed by atoms with Gasteiger partial charge in [-0.2, -0.15) is 0 Å². The van der Waals surface area contributed by atoms with Gasteiger partial charge in [-0.3, -0.25) is 10.4 Å². The average Bonchev–Trinajstić information content (AvgIpc) is 2.37. The molecule has 0 saturated heterocycles. The largest absolute Gasteiger partial charge is 0.375 e. The van der Waals surface area contributed by atoms with Crippen LogP contribution in [0.5, 0.6) is 0 Å². The summed E-state index contributed by atoms with van der Waals surface area (Å²) in [4.78, 5) is 2.13. The summed E-state index contributed by atoms with van der Waals surface area (Å²) in [5, 5.41) is 1.95. The minimum Gasteiger partial charge on any atom is -0.375 e. The molecule has 0 bridgehead atoms. The van der Waals surface area contributed by atoms with Gasteiger partial charge in [-0.25, -0.2) is 0 Å². The maximum Gasteiger partial charge on any atom is 0.183 e. The summed E-state index contributed by atoms with van der Waals surface area (Å²) in [6.07, 6.45) is 6.72. The predicted octanol–water partition coefficient (Wildman–Crippen LogP) is 2.57. The molecule has 0 atom stereocenters. The number of nitrogens with two attached hydrogens (primary N) is 1. The van der Waals surface area contributed by atoms with Gasteiger partial charge < -0.3 is 10.6 Å². The molecule has 4 nitrogen and oxygen atoms in total. The fourth-order valence-corrected chi connectivity index (χ4v) is 2.57. The zero-order valence-electron chi connectivity index (χ0n) is 11.2. The number of rotatable bonds is 4. The van der Waals surface area contributed by atoms with E-state index < -0.39 is 0 Å². The van der Waals surface area contributed by atoms with Gasteiger partial charge in [-0.1, -0.05) is 29.8 Å². The van der Waals surface area contributed by atoms with Crippen molar-refractivity contribution in [3.8, 4) is 0 Å². The Balaban J connectivity index is 1.92. The van der Waals surface area contributed by atoms with E-state index in [0.717, 1.165) is 17.6 Å². The highest BCUT2D eigenvalue weighted by molar-refractivity contribution is 9.11. The van der Waals surface area contributed by atoms with Crippen molar-refractivity contribution in [2.45, 2.75) is 13.3 Å². The molecule has 1 aliphatic heterocycles. The predicted molar refractivity (Wildman–Crippen MR) is 89.5 cm³/mol. The standard InChI is InChI=1S/C14H17BrN4S/c1-11-3-2-4-12(9-11)5-6-18-7-8-19(10-13(18)15)17-14(16)20/h2-4,7-10H,5-6H2,1H3,(H3,16,17,20). The second-order valence-electron chi connectivity index (χ2n) is 4.57. The maximum absolute atomic E-state index is 5.44. The minimum absolute atomic E-state index is 0.236. The summed E-state index contributed by atoms with van der Waals surface area (Å²) in [5.74, 6) is 0. The molecular formula is C14H17BrN4S. The lowest BCUT2D eigenvalue weighted by Gasteiger charge is -2.28. The first-order valence-corrected chi connectivity index (χ1v) is 7.47. The van der Waals surface area contributed by atoms with Crippen LogP contribution in [0.4, 0.5) is 0 Å². The Hall–Kier alpha value is -1.53. The van der Waals surface area contributed by atoms with Crippen LogP contribution in [0.1, 0.15) is 11.1 Å². The van der Waals surface area contributed by atoms with E-state index in [1.165, 1.54) is 11.1 Å². The number of nitrogens with one attached hydrogen (secondary N) is 1. The Kier molecular flexibility index (Phi) is 5.03. The van der Waals surface area contributed by atoms with Crippen molar-refractivity contribution in [3.05, 3.63) is 58.6 Å². The van der Waals surface area contributed by atoms with Gasteiger partial charge in [0.15, 0.2) is 5.11 Å². The topological polar surface area (TPSA) is 44.5 Å². The first-order chi connectivity index (χ1) is 9.54.